The summed E-state index contributed by atoms with van der Waals surface area (Å²) < 4.78 is 25.3. The Morgan fingerprint density at radius 1 is 1.19 bits per heavy atom. The largest absolute Gasteiger partial charge is 0.397 e. The average Bonchev–Trinajstić information content (AvgIpc) is 2.31. The molecule has 0 radical (unpaired) electrons. The number of nitrogen functional groups attached to an aromatic ring is 1. The molecule has 0 amide bonds. The lowest BCUT2D eigenvalue weighted by Crippen LogP contribution is -1.97. The maximum absolute atomic E-state index is 12.7. The van der Waals surface area contributed by atoms with Crippen LogP contribution < -0.4 is 5.73 Å². The van der Waals surface area contributed by atoms with Crippen LogP contribution in [0.25, 0.3) is 10.9 Å². The second-order valence-electron chi connectivity index (χ2n) is 2.95. The van der Waals surface area contributed by atoms with Crippen LogP contribution in [-0.2, 0) is 0 Å². The Morgan fingerprint density at radius 3 is 2.44 bits per heavy atom. The first-order chi connectivity index (χ1) is 7.70. The molecule has 4 heteroatoms. The third-order valence-electron chi connectivity index (χ3n) is 2.07. The molecule has 0 bridgehead atoms. The summed E-state index contributed by atoms with van der Waals surface area (Å²) >= 11 is 0. The smallest absolute Gasteiger partial charge is 0.266 e. The molecule has 2 nitrogen and oxygen atoms in total. The van der Waals surface area contributed by atoms with Crippen molar-refractivity contribution in [1.29, 1.82) is 0 Å². The van der Waals surface area contributed by atoms with Crippen LogP contribution in [0.15, 0.2) is 30.5 Å². The van der Waals surface area contributed by atoms with Crippen molar-refractivity contribution in [3.8, 4) is 0 Å². The summed E-state index contributed by atoms with van der Waals surface area (Å²) in [5.74, 6) is 0. The minimum absolute atomic E-state index is 0.0405. The van der Waals surface area contributed by atoms with Crippen molar-refractivity contribution in [2.75, 3.05) is 5.73 Å². The van der Waals surface area contributed by atoms with Gasteiger partial charge in [-0.15, -0.1) is 0 Å². The highest BCUT2D eigenvalue weighted by atomic mass is 19.3. The van der Waals surface area contributed by atoms with Crippen LogP contribution in [0.4, 0.5) is 14.5 Å². The number of benzene rings is 1. The number of hydrogen-bond donors (Lipinski definition) is 1. The first kappa shape index (κ1) is 12.4. The first-order valence-electron chi connectivity index (χ1n) is 5.11. The van der Waals surface area contributed by atoms with E-state index < -0.39 is 6.43 Å². The number of aromatic nitrogens is 1. The number of hydrogen-bond acceptors (Lipinski definition) is 2. The fraction of sp³-hybridized carbons (Fsp3) is 0.250. The van der Waals surface area contributed by atoms with Crippen LogP contribution in [0.3, 0.4) is 0 Å². The van der Waals surface area contributed by atoms with Gasteiger partial charge in [-0.2, -0.15) is 0 Å². The molecule has 86 valence electrons. The molecular weight excluding hydrogens is 210 g/mol. The van der Waals surface area contributed by atoms with E-state index >= 15 is 0 Å². The normalized spacial score (nSPS) is 10.1. The van der Waals surface area contributed by atoms with Gasteiger partial charge in [0.1, 0.15) is 0 Å². The van der Waals surface area contributed by atoms with Crippen molar-refractivity contribution >= 4 is 16.6 Å². The molecule has 0 spiro atoms. The molecule has 0 aliphatic rings. The minimum atomic E-state index is -2.57. The highest BCUT2D eigenvalue weighted by Gasteiger charge is 2.15. The fourth-order valence-corrected chi connectivity index (χ4v) is 1.42. The van der Waals surface area contributed by atoms with E-state index in [1.807, 2.05) is 13.8 Å². The van der Waals surface area contributed by atoms with Gasteiger partial charge in [0, 0.05) is 5.39 Å². The van der Waals surface area contributed by atoms with E-state index in [-0.39, 0.29) is 11.3 Å². The van der Waals surface area contributed by atoms with Gasteiger partial charge in [-0.25, -0.2) is 8.78 Å². The van der Waals surface area contributed by atoms with Crippen LogP contribution >= 0.6 is 0 Å². The van der Waals surface area contributed by atoms with Crippen LogP contribution in [-0.4, -0.2) is 4.98 Å². The van der Waals surface area contributed by atoms with Crippen molar-refractivity contribution in [2.45, 2.75) is 20.3 Å². The number of fused-ring (bicyclic) bond motifs is 1. The highest BCUT2D eigenvalue weighted by molar-refractivity contribution is 5.86. The Bertz CT molecular complexity index is 470. The lowest BCUT2D eigenvalue weighted by molar-refractivity contribution is 0.154. The molecule has 0 aliphatic heterocycles. The zero-order chi connectivity index (χ0) is 12.1. The van der Waals surface area contributed by atoms with Gasteiger partial charge >= 0.3 is 0 Å². The van der Waals surface area contributed by atoms with Crippen molar-refractivity contribution in [2.24, 2.45) is 0 Å². The number of rotatable bonds is 1. The maximum atomic E-state index is 12.7. The lowest BCUT2D eigenvalue weighted by Gasteiger charge is -2.07. The monoisotopic (exact) mass is 224 g/mol. The van der Waals surface area contributed by atoms with E-state index in [4.69, 9.17) is 5.73 Å². The van der Waals surface area contributed by atoms with Crippen LogP contribution in [0.2, 0.25) is 0 Å². The van der Waals surface area contributed by atoms with Gasteiger partial charge < -0.3 is 5.73 Å². The summed E-state index contributed by atoms with van der Waals surface area (Å²) in [5, 5.41) is 0.419. The van der Waals surface area contributed by atoms with Gasteiger partial charge in [0.15, 0.2) is 0 Å². The van der Waals surface area contributed by atoms with Gasteiger partial charge in [-0.1, -0.05) is 32.0 Å². The molecule has 1 aromatic heterocycles. The van der Waals surface area contributed by atoms with Gasteiger partial charge in [0.25, 0.3) is 6.43 Å². The van der Waals surface area contributed by atoms with Gasteiger partial charge in [-0.3, -0.25) is 4.98 Å². The Labute approximate surface area is 93.1 Å². The van der Waals surface area contributed by atoms with Gasteiger partial charge in [0.2, 0.25) is 0 Å². The van der Waals surface area contributed by atoms with E-state index in [9.17, 15) is 8.78 Å². The number of halogens is 2. The molecule has 2 aromatic rings. The highest BCUT2D eigenvalue weighted by Crippen LogP contribution is 2.30. The standard InChI is InChI=1S/C10H8F2N2.C2H6/c11-10(12)9-6-3-1-2-4-8(6)14-5-7(9)13;1-2/h1-5,10H,13H2;1-2H3. The van der Waals surface area contributed by atoms with Gasteiger partial charge in [0.05, 0.1) is 23.0 Å². The summed E-state index contributed by atoms with van der Waals surface area (Å²) in [6.07, 6.45) is -1.30. The molecule has 0 fully saturated rings. The zero-order valence-electron chi connectivity index (χ0n) is 9.24. The Morgan fingerprint density at radius 2 is 1.81 bits per heavy atom. The number of pyridine rings is 1. The number of nitrogens with zero attached hydrogens (tertiary/aromatic N) is 1. The number of nitrogens with two attached hydrogens (primary N) is 1. The third kappa shape index (κ3) is 2.27. The quantitative estimate of drug-likeness (QED) is 0.800. The molecule has 1 heterocycles. The van der Waals surface area contributed by atoms with Gasteiger partial charge in [-0.05, 0) is 6.07 Å². The van der Waals surface area contributed by atoms with Crippen molar-refractivity contribution in [1.82, 2.24) is 4.98 Å². The lowest BCUT2D eigenvalue weighted by atomic mass is 10.1. The second-order valence-corrected chi connectivity index (χ2v) is 2.95. The van der Waals surface area contributed by atoms with Crippen molar-refractivity contribution in [3.63, 3.8) is 0 Å². The van der Waals surface area contributed by atoms with E-state index in [1.165, 1.54) is 6.20 Å². The van der Waals surface area contributed by atoms with E-state index in [2.05, 4.69) is 4.98 Å². The molecule has 0 saturated carbocycles. The number of para-hydroxylation sites is 1. The molecule has 0 atom stereocenters. The Kier molecular flexibility index (Phi) is 4.17. The minimum Gasteiger partial charge on any atom is -0.397 e. The molecule has 2 rings (SSSR count). The Hall–Kier alpha value is -1.71. The van der Waals surface area contributed by atoms with E-state index in [0.717, 1.165) is 0 Å². The molecule has 0 aliphatic carbocycles. The summed E-state index contributed by atoms with van der Waals surface area (Å²) in [5.41, 5.74) is 5.90. The van der Waals surface area contributed by atoms with E-state index in [0.29, 0.717) is 10.9 Å². The topological polar surface area (TPSA) is 38.9 Å². The molecule has 0 unspecified atom stereocenters. The molecule has 1 aromatic carbocycles. The van der Waals surface area contributed by atoms with Crippen LogP contribution in [0, 0.1) is 0 Å². The molecule has 0 saturated heterocycles. The zero-order valence-corrected chi connectivity index (χ0v) is 9.24. The van der Waals surface area contributed by atoms with Crippen molar-refractivity contribution < 1.29 is 8.78 Å². The molecule has 2 N–H and O–H groups in total. The summed E-state index contributed by atoms with van der Waals surface area (Å²) in [4.78, 5) is 3.97. The predicted molar refractivity (Wildman–Crippen MR) is 62.5 cm³/mol. The summed E-state index contributed by atoms with van der Waals surface area (Å²) in [7, 11) is 0. The van der Waals surface area contributed by atoms with E-state index in [1.54, 1.807) is 24.3 Å². The first-order valence-corrected chi connectivity index (χ1v) is 5.11. The van der Waals surface area contributed by atoms with Crippen LogP contribution in [0.1, 0.15) is 25.8 Å². The average molecular weight is 224 g/mol. The number of alkyl halides is 2. The van der Waals surface area contributed by atoms with Crippen molar-refractivity contribution in [3.05, 3.63) is 36.0 Å². The number of anilines is 1. The second kappa shape index (κ2) is 5.39. The summed E-state index contributed by atoms with van der Waals surface area (Å²) in [6, 6.07) is 6.72. The Balaban J connectivity index is 0.000000606. The van der Waals surface area contributed by atoms with Crippen LogP contribution in [0.5, 0.6) is 0 Å². The molecular formula is C12H14F2N2. The fourth-order valence-electron chi connectivity index (χ4n) is 1.42. The maximum Gasteiger partial charge on any atom is 0.266 e. The SMILES string of the molecule is CC.Nc1cnc2ccccc2c1C(F)F. The molecule has 16 heavy (non-hydrogen) atoms. The predicted octanol–water partition coefficient (Wildman–Crippen LogP) is 3.78. The third-order valence-corrected chi connectivity index (χ3v) is 2.07. The summed E-state index contributed by atoms with van der Waals surface area (Å²) in [6.45, 7) is 4.00.